The molecule has 1 saturated heterocycles. The third-order valence-corrected chi connectivity index (χ3v) is 5.19. The highest BCUT2D eigenvalue weighted by molar-refractivity contribution is 5.87. The lowest BCUT2D eigenvalue weighted by Crippen LogP contribution is -2.43. The average molecular weight is 402 g/mol. The fraction of sp³-hybridized carbons (Fsp3) is 0.364. The third kappa shape index (κ3) is 5.17. The first kappa shape index (κ1) is 20.9. The van der Waals surface area contributed by atoms with Gasteiger partial charge in [0.2, 0.25) is 5.91 Å². The number of aryl methyl sites for hydroxylation is 1. The summed E-state index contributed by atoms with van der Waals surface area (Å²) in [6.45, 7) is 3.51. The van der Waals surface area contributed by atoms with Crippen molar-refractivity contribution in [3.8, 4) is 0 Å². The largest absolute Gasteiger partial charge is 0.478 e. The second kappa shape index (κ2) is 8.29. The van der Waals surface area contributed by atoms with Gasteiger partial charge in [0.25, 0.3) is 5.92 Å². The van der Waals surface area contributed by atoms with E-state index < -0.39 is 42.8 Å². The molecule has 1 amide bonds. The monoisotopic (exact) mass is 402 g/mol. The smallest absolute Gasteiger partial charge is 0.335 e. The fourth-order valence-electron chi connectivity index (χ4n) is 3.54. The van der Waals surface area contributed by atoms with E-state index in [2.05, 4.69) is 5.32 Å². The van der Waals surface area contributed by atoms with Gasteiger partial charge in [0.15, 0.2) is 0 Å². The number of benzene rings is 2. The van der Waals surface area contributed by atoms with Crippen molar-refractivity contribution in [3.63, 3.8) is 0 Å². The number of aromatic carboxylic acids is 1. The van der Waals surface area contributed by atoms with Crippen molar-refractivity contribution in [2.75, 3.05) is 6.54 Å². The molecular weight excluding hydrogens is 378 g/mol. The number of carbonyl (C=O) groups is 2. The number of halogens is 2. The number of carbonyl (C=O) groups excluding carboxylic acids is 1. The van der Waals surface area contributed by atoms with Crippen LogP contribution in [-0.4, -0.2) is 40.4 Å². The molecule has 2 atom stereocenters. The number of carboxylic acids is 1. The summed E-state index contributed by atoms with van der Waals surface area (Å²) < 4.78 is 28.1. The van der Waals surface area contributed by atoms with Crippen molar-refractivity contribution in [3.05, 3.63) is 70.8 Å². The zero-order valence-corrected chi connectivity index (χ0v) is 16.4. The summed E-state index contributed by atoms with van der Waals surface area (Å²) in [5.74, 6) is -4.41. The third-order valence-electron chi connectivity index (χ3n) is 5.19. The van der Waals surface area contributed by atoms with Gasteiger partial charge < -0.3 is 10.4 Å². The number of alkyl halides is 2. The van der Waals surface area contributed by atoms with E-state index >= 15 is 0 Å². The van der Waals surface area contributed by atoms with E-state index in [1.807, 2.05) is 31.2 Å². The maximum absolute atomic E-state index is 14.1. The lowest BCUT2D eigenvalue weighted by molar-refractivity contribution is -0.126. The Kier molecular flexibility index (Phi) is 5.98. The Labute approximate surface area is 168 Å². The zero-order chi connectivity index (χ0) is 21.2. The number of nitrogens with one attached hydrogen (secondary N) is 1. The number of nitrogens with zero attached hydrogens (tertiary/aromatic N) is 1. The zero-order valence-electron chi connectivity index (χ0n) is 16.4. The molecule has 0 saturated carbocycles. The minimum absolute atomic E-state index is 0.145. The second-order valence-electron chi connectivity index (χ2n) is 7.62. The minimum Gasteiger partial charge on any atom is -0.478 e. The summed E-state index contributed by atoms with van der Waals surface area (Å²) in [6.07, 6.45) is -0.518. The van der Waals surface area contributed by atoms with Gasteiger partial charge in [-0.25, -0.2) is 13.6 Å². The van der Waals surface area contributed by atoms with Crippen molar-refractivity contribution in [1.29, 1.82) is 0 Å². The summed E-state index contributed by atoms with van der Waals surface area (Å²) in [5.41, 5.74) is 2.81. The molecule has 0 radical (unpaired) electrons. The van der Waals surface area contributed by atoms with Gasteiger partial charge in [-0.05, 0) is 37.1 Å². The van der Waals surface area contributed by atoms with Gasteiger partial charge >= 0.3 is 5.97 Å². The Morgan fingerprint density at radius 2 is 1.79 bits per heavy atom. The molecule has 3 rings (SSSR count). The Morgan fingerprint density at radius 3 is 2.38 bits per heavy atom. The Bertz CT molecular complexity index is 882. The summed E-state index contributed by atoms with van der Waals surface area (Å²) in [5, 5.41) is 11.8. The minimum atomic E-state index is -2.92. The first-order chi connectivity index (χ1) is 13.6. The van der Waals surface area contributed by atoms with Crippen LogP contribution in [-0.2, 0) is 11.3 Å². The van der Waals surface area contributed by atoms with E-state index in [1.165, 1.54) is 17.0 Å². The molecule has 0 aromatic heterocycles. The van der Waals surface area contributed by atoms with Crippen LogP contribution in [0.5, 0.6) is 0 Å². The lowest BCUT2D eigenvalue weighted by Gasteiger charge is -2.25. The quantitative estimate of drug-likeness (QED) is 0.772. The number of amides is 1. The van der Waals surface area contributed by atoms with Crippen LogP contribution in [0.15, 0.2) is 48.5 Å². The molecule has 2 aromatic rings. The second-order valence-corrected chi connectivity index (χ2v) is 7.62. The van der Waals surface area contributed by atoms with Gasteiger partial charge in [0.05, 0.1) is 24.2 Å². The Morgan fingerprint density at radius 1 is 1.17 bits per heavy atom. The first-order valence-electron chi connectivity index (χ1n) is 9.46. The van der Waals surface area contributed by atoms with E-state index in [-0.39, 0.29) is 12.1 Å². The first-order valence-corrected chi connectivity index (χ1v) is 9.46. The number of likely N-dealkylation sites (tertiary alicyclic amines) is 1. The molecule has 7 heteroatoms. The normalized spacial score (nSPS) is 19.7. The van der Waals surface area contributed by atoms with Crippen LogP contribution in [0.4, 0.5) is 8.78 Å². The van der Waals surface area contributed by atoms with E-state index in [9.17, 15) is 18.4 Å². The van der Waals surface area contributed by atoms with Gasteiger partial charge in [-0.1, -0.05) is 42.0 Å². The van der Waals surface area contributed by atoms with Crippen molar-refractivity contribution >= 4 is 11.9 Å². The van der Waals surface area contributed by atoms with Gasteiger partial charge in [-0.2, -0.15) is 0 Å². The van der Waals surface area contributed by atoms with Crippen molar-refractivity contribution in [2.45, 2.75) is 44.8 Å². The highest BCUT2D eigenvalue weighted by atomic mass is 19.3. The Balaban J connectivity index is 1.69. The number of hydrogen-bond donors (Lipinski definition) is 2. The molecule has 1 aliphatic heterocycles. The van der Waals surface area contributed by atoms with Crippen LogP contribution in [0, 0.1) is 6.92 Å². The SMILES string of the molecule is Cc1ccc(CN2CC(F)(F)C[C@@H]2C(=O)N[C@@H](C)c2ccc(C(=O)O)cc2)cc1. The highest BCUT2D eigenvalue weighted by Gasteiger charge is 2.48. The molecule has 0 spiro atoms. The fourth-order valence-corrected chi connectivity index (χ4v) is 3.54. The number of hydrogen-bond acceptors (Lipinski definition) is 3. The predicted octanol–water partition coefficient (Wildman–Crippen LogP) is 3.78. The molecule has 5 nitrogen and oxygen atoms in total. The van der Waals surface area contributed by atoms with E-state index in [0.717, 1.165) is 11.1 Å². The molecule has 1 aliphatic rings. The molecule has 0 bridgehead atoms. The molecule has 0 aliphatic carbocycles. The Hall–Kier alpha value is -2.80. The van der Waals surface area contributed by atoms with Gasteiger partial charge in [0.1, 0.15) is 0 Å². The van der Waals surface area contributed by atoms with Gasteiger partial charge in [-0.3, -0.25) is 9.69 Å². The summed E-state index contributed by atoms with van der Waals surface area (Å²) in [4.78, 5) is 25.2. The molecular formula is C22H24F2N2O3. The van der Waals surface area contributed by atoms with Crippen LogP contribution in [0.25, 0.3) is 0 Å². The van der Waals surface area contributed by atoms with Crippen LogP contribution < -0.4 is 5.32 Å². The molecule has 1 heterocycles. The number of carboxylic acid groups (broad SMARTS) is 1. The molecule has 1 fully saturated rings. The molecule has 2 aromatic carbocycles. The van der Waals surface area contributed by atoms with E-state index in [0.29, 0.717) is 5.56 Å². The van der Waals surface area contributed by atoms with Crippen molar-refractivity contribution in [1.82, 2.24) is 10.2 Å². The van der Waals surface area contributed by atoms with Crippen LogP contribution in [0.3, 0.4) is 0 Å². The van der Waals surface area contributed by atoms with Crippen LogP contribution in [0.1, 0.15) is 46.4 Å². The summed E-state index contributed by atoms with van der Waals surface area (Å²) in [7, 11) is 0. The van der Waals surface area contributed by atoms with Gasteiger partial charge in [-0.15, -0.1) is 0 Å². The number of rotatable bonds is 6. The lowest BCUT2D eigenvalue weighted by atomic mass is 10.0. The molecule has 2 N–H and O–H groups in total. The average Bonchev–Trinajstić information content (AvgIpc) is 2.98. The standard InChI is InChI=1S/C22H24F2N2O3/c1-14-3-5-16(6-4-14)12-26-13-22(23,24)11-19(26)20(27)25-15(2)17-7-9-18(10-8-17)21(28)29/h3-10,15,19H,11-13H2,1-2H3,(H,25,27)(H,28,29)/t15-,19+/m0/s1. The maximum Gasteiger partial charge on any atom is 0.335 e. The molecule has 154 valence electrons. The maximum atomic E-state index is 14.1. The van der Waals surface area contributed by atoms with Crippen LogP contribution in [0.2, 0.25) is 0 Å². The van der Waals surface area contributed by atoms with Crippen molar-refractivity contribution < 1.29 is 23.5 Å². The van der Waals surface area contributed by atoms with E-state index in [1.54, 1.807) is 19.1 Å². The summed E-state index contributed by atoms with van der Waals surface area (Å²) in [6, 6.07) is 12.4. The molecule has 0 unspecified atom stereocenters. The van der Waals surface area contributed by atoms with E-state index in [4.69, 9.17) is 5.11 Å². The molecule has 29 heavy (non-hydrogen) atoms. The predicted molar refractivity (Wildman–Crippen MR) is 105 cm³/mol. The van der Waals surface area contributed by atoms with Crippen LogP contribution >= 0.6 is 0 Å². The highest BCUT2D eigenvalue weighted by Crippen LogP contribution is 2.33. The van der Waals surface area contributed by atoms with Gasteiger partial charge in [0, 0.05) is 13.0 Å². The summed E-state index contributed by atoms with van der Waals surface area (Å²) >= 11 is 0. The topological polar surface area (TPSA) is 69.6 Å². The van der Waals surface area contributed by atoms with Crippen molar-refractivity contribution in [2.24, 2.45) is 0 Å².